The summed E-state index contributed by atoms with van der Waals surface area (Å²) in [7, 11) is 1.68. The van der Waals surface area contributed by atoms with Crippen molar-refractivity contribution in [2.45, 2.75) is 25.5 Å². The number of carbonyl (C=O) groups excluding carboxylic acids is 2. The number of hydrogen-bond donors (Lipinski definition) is 3. The van der Waals surface area contributed by atoms with Gasteiger partial charge in [0.1, 0.15) is 4.83 Å². The highest BCUT2D eigenvalue weighted by Crippen LogP contribution is 2.26. The average Bonchev–Trinajstić information content (AvgIpc) is 3.21. The molecule has 160 valence electrons. The largest absolute Gasteiger partial charge is 0.381 e. The third-order valence-corrected chi connectivity index (χ3v) is 6.79. The molecule has 0 radical (unpaired) electrons. The molecule has 30 heavy (non-hydrogen) atoms. The van der Waals surface area contributed by atoms with Crippen molar-refractivity contribution >= 4 is 43.9 Å². The van der Waals surface area contributed by atoms with Crippen LogP contribution < -0.4 is 16.0 Å². The van der Waals surface area contributed by atoms with E-state index in [1.807, 2.05) is 24.9 Å². The van der Waals surface area contributed by atoms with E-state index in [9.17, 15) is 9.59 Å². The Morgan fingerprint density at radius 1 is 1.43 bits per heavy atom. The molecule has 11 heteroatoms. The summed E-state index contributed by atoms with van der Waals surface area (Å²) in [4.78, 5) is 27.9. The van der Waals surface area contributed by atoms with Crippen LogP contribution in [0, 0.1) is 0 Å². The van der Waals surface area contributed by atoms with Crippen LogP contribution >= 0.6 is 27.3 Å². The highest BCUT2D eigenvalue weighted by molar-refractivity contribution is 9.11. The number of nitrogens with zero attached hydrogens (tertiary/aromatic N) is 3. The van der Waals surface area contributed by atoms with Gasteiger partial charge >= 0.3 is 0 Å². The third-order valence-electron chi connectivity index (χ3n) is 5.20. The maximum atomic E-state index is 12.8. The Kier molecular flexibility index (Phi) is 5.71. The van der Waals surface area contributed by atoms with E-state index in [1.165, 1.54) is 11.3 Å². The molecule has 1 saturated heterocycles. The molecular formula is C19H23BrN6O3S. The Bertz CT molecular complexity index is 1050. The predicted molar refractivity (Wildman–Crippen MR) is 117 cm³/mol. The first-order valence-corrected chi connectivity index (χ1v) is 11.1. The number of fused-ring (bicyclic) bond motifs is 1. The fourth-order valence-corrected chi connectivity index (χ4v) is 4.95. The van der Waals surface area contributed by atoms with Crippen molar-refractivity contribution in [2.75, 3.05) is 26.7 Å². The summed E-state index contributed by atoms with van der Waals surface area (Å²) in [6.45, 7) is 5.70. The summed E-state index contributed by atoms with van der Waals surface area (Å²) in [5.41, 5.74) is 1.60. The van der Waals surface area contributed by atoms with Gasteiger partial charge in [0, 0.05) is 32.1 Å². The molecule has 0 aromatic carbocycles. The molecule has 2 aliphatic rings. The number of amides is 2. The lowest BCUT2D eigenvalue weighted by Crippen LogP contribution is -2.62. The van der Waals surface area contributed by atoms with Gasteiger partial charge in [-0.1, -0.05) is 0 Å². The molecule has 4 heterocycles. The number of nitrogens with one attached hydrogen (secondary N) is 3. The van der Waals surface area contributed by atoms with Gasteiger partial charge in [-0.2, -0.15) is 5.10 Å². The molecule has 0 saturated carbocycles. The van der Waals surface area contributed by atoms with E-state index in [0.29, 0.717) is 23.5 Å². The zero-order valence-corrected chi connectivity index (χ0v) is 19.3. The summed E-state index contributed by atoms with van der Waals surface area (Å²) in [6.07, 6.45) is 6.87. The summed E-state index contributed by atoms with van der Waals surface area (Å²) in [5, 5.41) is 13.2. The second-order valence-electron chi connectivity index (χ2n) is 7.73. The molecule has 2 amide bonds. The van der Waals surface area contributed by atoms with E-state index >= 15 is 0 Å². The Morgan fingerprint density at radius 2 is 2.20 bits per heavy atom. The number of thiazole rings is 1. The minimum absolute atomic E-state index is 0.103. The van der Waals surface area contributed by atoms with Crippen LogP contribution in [0.1, 0.15) is 24.2 Å². The van der Waals surface area contributed by atoms with Gasteiger partial charge in [0.2, 0.25) is 5.91 Å². The number of halogens is 1. The number of likely N-dealkylation sites (tertiary alicyclic amines) is 1. The fourth-order valence-electron chi connectivity index (χ4n) is 3.51. The van der Waals surface area contributed by atoms with Crippen LogP contribution in [-0.4, -0.2) is 64.7 Å². The molecule has 9 nitrogen and oxygen atoms in total. The van der Waals surface area contributed by atoms with E-state index in [-0.39, 0.29) is 23.5 Å². The van der Waals surface area contributed by atoms with Crippen LogP contribution in [0.25, 0.3) is 4.83 Å². The highest BCUT2D eigenvalue weighted by atomic mass is 79.9. The van der Waals surface area contributed by atoms with Crippen LogP contribution in [0.4, 0.5) is 0 Å². The molecule has 2 aromatic rings. The molecule has 0 aliphatic carbocycles. The molecule has 2 aliphatic heterocycles. The standard InChI is InChI=1S/C19H23BrN6O3S/c1-11-14(24-17(28)13-6-22-26-7-15(20)30-18(13)26)4-12(5-21-11)23-16(27)8-25-9-19(2,10-25)29-3/h4-7,11,21H,8-10H2,1-3H3,(H,23,27)(H,24,28). The second kappa shape index (κ2) is 8.14. The number of methoxy groups -OCH3 is 1. The van der Waals surface area contributed by atoms with Crippen LogP contribution in [-0.2, 0) is 9.53 Å². The zero-order valence-electron chi connectivity index (χ0n) is 16.9. The first kappa shape index (κ1) is 21.0. The second-order valence-corrected chi connectivity index (χ2v) is 10.1. The number of ether oxygens (including phenoxy) is 1. The van der Waals surface area contributed by atoms with E-state index < -0.39 is 0 Å². The molecule has 0 bridgehead atoms. The zero-order chi connectivity index (χ0) is 21.5. The predicted octanol–water partition coefficient (Wildman–Crippen LogP) is 1.44. The molecule has 0 spiro atoms. The summed E-state index contributed by atoms with van der Waals surface area (Å²) in [6, 6.07) is -0.103. The number of rotatable bonds is 6. The number of hydrogen-bond acceptors (Lipinski definition) is 7. The maximum Gasteiger partial charge on any atom is 0.260 e. The van der Waals surface area contributed by atoms with Crippen molar-refractivity contribution in [3.63, 3.8) is 0 Å². The van der Waals surface area contributed by atoms with Crippen molar-refractivity contribution in [3.8, 4) is 0 Å². The SMILES string of the molecule is COC1(C)CN(CC(=O)NC2=CNC(C)C(NC(=O)c3cnn4cc(Br)sc34)=C2)C1. The van der Waals surface area contributed by atoms with Gasteiger partial charge < -0.3 is 20.7 Å². The van der Waals surface area contributed by atoms with Crippen LogP contribution in [0.5, 0.6) is 0 Å². The number of carbonyl (C=O) groups is 2. The summed E-state index contributed by atoms with van der Waals surface area (Å²) in [5.74, 6) is -0.356. The summed E-state index contributed by atoms with van der Waals surface area (Å²) >= 11 is 4.85. The maximum absolute atomic E-state index is 12.8. The lowest BCUT2D eigenvalue weighted by Gasteiger charge is -2.46. The van der Waals surface area contributed by atoms with Crippen molar-refractivity contribution in [1.29, 1.82) is 0 Å². The number of aromatic nitrogens is 2. The Balaban J connectivity index is 1.38. The lowest BCUT2D eigenvalue weighted by molar-refractivity contribution is -0.134. The van der Waals surface area contributed by atoms with E-state index in [0.717, 1.165) is 21.7 Å². The monoisotopic (exact) mass is 494 g/mol. The first-order valence-electron chi connectivity index (χ1n) is 9.45. The Hall–Kier alpha value is -2.21. The van der Waals surface area contributed by atoms with E-state index in [1.54, 1.807) is 30.1 Å². The molecular weight excluding hydrogens is 472 g/mol. The molecule has 4 rings (SSSR count). The number of dihydropyridines is 1. The molecule has 1 unspecified atom stereocenters. The topological polar surface area (TPSA) is 100 Å². The van der Waals surface area contributed by atoms with Crippen molar-refractivity contribution < 1.29 is 14.3 Å². The fraction of sp³-hybridized carbons (Fsp3) is 0.421. The molecule has 2 aromatic heterocycles. The van der Waals surface area contributed by atoms with Gasteiger partial charge in [0.25, 0.3) is 5.91 Å². The normalized spacial score (nSPS) is 20.7. The molecule has 1 atom stereocenters. The van der Waals surface area contributed by atoms with Gasteiger partial charge in [-0.3, -0.25) is 14.5 Å². The van der Waals surface area contributed by atoms with Gasteiger partial charge in [-0.15, -0.1) is 11.3 Å². The highest BCUT2D eigenvalue weighted by Gasteiger charge is 2.39. The average molecular weight is 495 g/mol. The smallest absolute Gasteiger partial charge is 0.260 e. The Morgan fingerprint density at radius 3 is 2.93 bits per heavy atom. The first-order chi connectivity index (χ1) is 14.3. The quantitative estimate of drug-likeness (QED) is 0.561. The minimum Gasteiger partial charge on any atom is -0.381 e. The van der Waals surface area contributed by atoms with Gasteiger partial charge in [-0.25, -0.2) is 4.52 Å². The van der Waals surface area contributed by atoms with Crippen LogP contribution in [0.2, 0.25) is 0 Å². The van der Waals surface area contributed by atoms with Gasteiger partial charge in [0.15, 0.2) is 0 Å². The lowest BCUT2D eigenvalue weighted by atomic mass is 9.96. The molecule has 3 N–H and O–H groups in total. The van der Waals surface area contributed by atoms with Crippen LogP contribution in [0.3, 0.4) is 0 Å². The van der Waals surface area contributed by atoms with Gasteiger partial charge in [0.05, 0.1) is 45.6 Å². The van der Waals surface area contributed by atoms with Crippen molar-refractivity contribution in [1.82, 2.24) is 30.5 Å². The Labute approximate surface area is 186 Å². The molecule has 1 fully saturated rings. The summed E-state index contributed by atoms with van der Waals surface area (Å²) < 4.78 is 7.96. The third kappa shape index (κ3) is 4.29. The minimum atomic E-state index is -0.244. The van der Waals surface area contributed by atoms with Crippen LogP contribution in [0.15, 0.2) is 39.9 Å². The van der Waals surface area contributed by atoms with E-state index in [2.05, 4.69) is 37.0 Å². The van der Waals surface area contributed by atoms with Crippen molar-refractivity contribution in [2.24, 2.45) is 0 Å². The number of allylic oxidation sites excluding steroid dienone is 1. The van der Waals surface area contributed by atoms with E-state index in [4.69, 9.17) is 4.74 Å². The van der Waals surface area contributed by atoms with Crippen molar-refractivity contribution in [3.05, 3.63) is 45.4 Å². The van der Waals surface area contributed by atoms with Gasteiger partial charge in [-0.05, 0) is 35.9 Å².